The second kappa shape index (κ2) is 12.2. The lowest BCUT2D eigenvalue weighted by atomic mass is 10.0. The summed E-state index contributed by atoms with van der Waals surface area (Å²) in [7, 11) is 0. The van der Waals surface area contributed by atoms with Gasteiger partial charge in [-0.2, -0.15) is 0 Å². The van der Waals surface area contributed by atoms with E-state index in [1.165, 1.54) is 12.1 Å². The van der Waals surface area contributed by atoms with Gasteiger partial charge in [0.1, 0.15) is 11.9 Å². The van der Waals surface area contributed by atoms with E-state index in [0.29, 0.717) is 6.42 Å². The summed E-state index contributed by atoms with van der Waals surface area (Å²) in [6.07, 6.45) is 4.21. The van der Waals surface area contributed by atoms with Crippen LogP contribution in [0.2, 0.25) is 5.02 Å². The predicted molar refractivity (Wildman–Crippen MR) is 141 cm³/mol. The summed E-state index contributed by atoms with van der Waals surface area (Å²) in [6, 6.07) is 21.3. The number of carbonyl (C=O) groups excluding carboxylic acids is 2. The molecule has 1 aliphatic rings. The summed E-state index contributed by atoms with van der Waals surface area (Å²) in [5.41, 5.74) is 3.11. The standard InChI is InChI=1S/C30H32ClFN2O2/c1-21-14-16-23(17-15-21)20-34(29(35)19-25-26(31)12-7-13-27(25)32)28(18-22-8-3-2-4-9-22)30(36)33-24-10-5-6-11-24/h2-4,7-9,12-17,24,28H,5-6,10-11,18-20H2,1H3,(H,33,36). The summed E-state index contributed by atoms with van der Waals surface area (Å²) in [4.78, 5) is 29.0. The fourth-order valence-electron chi connectivity index (χ4n) is 4.77. The van der Waals surface area contributed by atoms with Crippen molar-refractivity contribution in [2.75, 3.05) is 0 Å². The summed E-state index contributed by atoms with van der Waals surface area (Å²) in [5.74, 6) is -1.04. The number of carbonyl (C=O) groups is 2. The molecule has 1 aliphatic carbocycles. The lowest BCUT2D eigenvalue weighted by molar-refractivity contribution is -0.141. The van der Waals surface area contributed by atoms with Gasteiger partial charge < -0.3 is 10.2 Å². The Morgan fingerprint density at radius 1 is 0.972 bits per heavy atom. The van der Waals surface area contributed by atoms with Gasteiger partial charge in [-0.15, -0.1) is 0 Å². The molecule has 0 heterocycles. The average Bonchev–Trinajstić information content (AvgIpc) is 3.38. The number of hydrogen-bond acceptors (Lipinski definition) is 2. The van der Waals surface area contributed by atoms with E-state index in [9.17, 15) is 14.0 Å². The van der Waals surface area contributed by atoms with E-state index in [-0.39, 0.29) is 41.4 Å². The van der Waals surface area contributed by atoms with Gasteiger partial charge in [-0.25, -0.2) is 4.39 Å². The Morgan fingerprint density at radius 3 is 2.33 bits per heavy atom. The van der Waals surface area contributed by atoms with Crippen LogP contribution in [0.5, 0.6) is 0 Å². The number of nitrogens with one attached hydrogen (secondary N) is 1. The van der Waals surface area contributed by atoms with Crippen LogP contribution < -0.4 is 5.32 Å². The normalized spacial score (nSPS) is 14.4. The van der Waals surface area contributed by atoms with Crippen LogP contribution in [0.1, 0.15) is 47.9 Å². The van der Waals surface area contributed by atoms with Crippen molar-refractivity contribution in [3.05, 3.63) is 106 Å². The van der Waals surface area contributed by atoms with Crippen LogP contribution in [0, 0.1) is 12.7 Å². The molecule has 4 rings (SSSR count). The second-order valence-corrected chi connectivity index (χ2v) is 9.99. The predicted octanol–water partition coefficient (Wildman–Crippen LogP) is 6.03. The van der Waals surface area contributed by atoms with E-state index >= 15 is 0 Å². The molecular weight excluding hydrogens is 475 g/mol. The lowest BCUT2D eigenvalue weighted by Gasteiger charge is -2.32. The van der Waals surface area contributed by atoms with Crippen molar-refractivity contribution in [2.45, 2.75) is 64.1 Å². The topological polar surface area (TPSA) is 49.4 Å². The van der Waals surface area contributed by atoms with Gasteiger partial charge in [0, 0.05) is 29.6 Å². The summed E-state index contributed by atoms with van der Waals surface area (Å²) >= 11 is 6.25. The highest BCUT2D eigenvalue weighted by Crippen LogP contribution is 2.23. The molecule has 188 valence electrons. The van der Waals surface area contributed by atoms with Crippen LogP contribution in [0.3, 0.4) is 0 Å². The van der Waals surface area contributed by atoms with Gasteiger partial charge in [0.25, 0.3) is 0 Å². The molecule has 3 aromatic rings. The number of nitrogens with zero attached hydrogens (tertiary/aromatic N) is 1. The fraction of sp³-hybridized carbons (Fsp3) is 0.333. The zero-order chi connectivity index (χ0) is 25.5. The maximum atomic E-state index is 14.6. The van der Waals surface area contributed by atoms with Crippen molar-refractivity contribution in [2.24, 2.45) is 0 Å². The zero-order valence-corrected chi connectivity index (χ0v) is 21.3. The number of amides is 2. The number of benzene rings is 3. The van der Waals surface area contributed by atoms with Gasteiger partial charge in [-0.05, 0) is 43.0 Å². The van der Waals surface area contributed by atoms with Gasteiger partial charge >= 0.3 is 0 Å². The molecule has 0 saturated heterocycles. The average molecular weight is 507 g/mol. The molecule has 1 unspecified atom stereocenters. The van der Waals surface area contributed by atoms with Gasteiger partial charge in [0.05, 0.1) is 6.42 Å². The first kappa shape index (κ1) is 25.9. The van der Waals surface area contributed by atoms with Crippen LogP contribution in [-0.2, 0) is 29.0 Å². The monoisotopic (exact) mass is 506 g/mol. The highest BCUT2D eigenvalue weighted by Gasteiger charge is 2.32. The van der Waals surface area contributed by atoms with Crippen LogP contribution in [0.4, 0.5) is 4.39 Å². The first-order valence-corrected chi connectivity index (χ1v) is 12.9. The Hall–Kier alpha value is -3.18. The van der Waals surface area contributed by atoms with Crippen molar-refractivity contribution in [3.8, 4) is 0 Å². The molecule has 1 N–H and O–H groups in total. The van der Waals surface area contributed by atoms with Crippen molar-refractivity contribution >= 4 is 23.4 Å². The molecule has 3 aromatic carbocycles. The minimum absolute atomic E-state index is 0.119. The van der Waals surface area contributed by atoms with Gasteiger partial charge in [0.15, 0.2) is 0 Å². The summed E-state index contributed by atoms with van der Waals surface area (Å²) < 4.78 is 14.6. The third kappa shape index (κ3) is 6.73. The molecule has 1 atom stereocenters. The number of rotatable bonds is 9. The molecule has 0 aromatic heterocycles. The Morgan fingerprint density at radius 2 is 1.67 bits per heavy atom. The van der Waals surface area contributed by atoms with Gasteiger partial charge in [-0.1, -0.05) is 90.7 Å². The first-order valence-electron chi connectivity index (χ1n) is 12.5. The van der Waals surface area contributed by atoms with Crippen molar-refractivity contribution in [1.29, 1.82) is 0 Å². The zero-order valence-electron chi connectivity index (χ0n) is 20.6. The van der Waals surface area contributed by atoms with E-state index in [4.69, 9.17) is 11.6 Å². The number of hydrogen-bond donors (Lipinski definition) is 1. The highest BCUT2D eigenvalue weighted by molar-refractivity contribution is 6.31. The lowest BCUT2D eigenvalue weighted by Crippen LogP contribution is -2.52. The van der Waals surface area contributed by atoms with Gasteiger partial charge in [0.2, 0.25) is 11.8 Å². The molecule has 1 saturated carbocycles. The van der Waals surface area contributed by atoms with E-state index in [1.807, 2.05) is 61.5 Å². The van der Waals surface area contributed by atoms with Crippen LogP contribution in [-0.4, -0.2) is 28.8 Å². The van der Waals surface area contributed by atoms with Gasteiger partial charge in [-0.3, -0.25) is 9.59 Å². The van der Waals surface area contributed by atoms with Crippen molar-refractivity contribution in [1.82, 2.24) is 10.2 Å². The smallest absolute Gasteiger partial charge is 0.243 e. The minimum Gasteiger partial charge on any atom is -0.352 e. The van der Waals surface area contributed by atoms with Crippen LogP contribution in [0.15, 0.2) is 72.8 Å². The first-order chi connectivity index (χ1) is 17.4. The quantitative estimate of drug-likeness (QED) is 0.385. The molecule has 0 radical (unpaired) electrons. The molecule has 0 spiro atoms. The third-order valence-electron chi connectivity index (χ3n) is 6.84. The Bertz CT molecular complexity index is 1160. The van der Waals surface area contributed by atoms with Crippen molar-refractivity contribution < 1.29 is 14.0 Å². The molecule has 0 bridgehead atoms. The Labute approximate surface area is 217 Å². The Balaban J connectivity index is 1.68. The minimum atomic E-state index is -0.743. The molecule has 0 aliphatic heterocycles. The highest BCUT2D eigenvalue weighted by atomic mass is 35.5. The van der Waals surface area contributed by atoms with E-state index in [2.05, 4.69) is 5.32 Å². The molecule has 36 heavy (non-hydrogen) atoms. The SMILES string of the molecule is Cc1ccc(CN(C(=O)Cc2c(F)cccc2Cl)C(Cc2ccccc2)C(=O)NC2CCCC2)cc1. The molecule has 4 nitrogen and oxygen atoms in total. The number of aryl methyl sites for hydroxylation is 1. The third-order valence-corrected chi connectivity index (χ3v) is 7.19. The summed E-state index contributed by atoms with van der Waals surface area (Å²) in [5, 5.41) is 3.39. The number of halogens is 2. The van der Waals surface area contributed by atoms with E-state index in [1.54, 1.807) is 11.0 Å². The molecule has 1 fully saturated rings. The maximum absolute atomic E-state index is 14.6. The van der Waals surface area contributed by atoms with E-state index in [0.717, 1.165) is 42.4 Å². The maximum Gasteiger partial charge on any atom is 0.243 e. The molecular formula is C30H32ClFN2O2. The molecule has 2 amide bonds. The summed E-state index contributed by atoms with van der Waals surface area (Å²) in [6.45, 7) is 2.24. The van der Waals surface area contributed by atoms with Crippen LogP contribution in [0.25, 0.3) is 0 Å². The Kier molecular flexibility index (Phi) is 8.76. The van der Waals surface area contributed by atoms with E-state index < -0.39 is 11.9 Å². The van der Waals surface area contributed by atoms with Crippen molar-refractivity contribution in [3.63, 3.8) is 0 Å². The van der Waals surface area contributed by atoms with Crippen LogP contribution >= 0.6 is 11.6 Å². The largest absolute Gasteiger partial charge is 0.352 e. The fourth-order valence-corrected chi connectivity index (χ4v) is 5.00. The second-order valence-electron chi connectivity index (χ2n) is 9.58. The molecule has 6 heteroatoms.